The zero-order valence-electron chi connectivity index (χ0n) is 22.9. The Morgan fingerprint density at radius 2 is 1.77 bits per heavy atom. The Labute approximate surface area is 229 Å². The number of aromatic nitrogens is 4. The lowest BCUT2D eigenvalue weighted by atomic mass is 10.0. The second-order valence-electron chi connectivity index (χ2n) is 10.6. The zero-order valence-corrected chi connectivity index (χ0v) is 22.9. The maximum Gasteiger partial charge on any atom is 0.229 e. The van der Waals surface area contributed by atoms with Crippen molar-refractivity contribution in [2.45, 2.75) is 25.8 Å². The number of aromatic amines is 1. The molecular weight excluding hydrogens is 490 g/mol. The summed E-state index contributed by atoms with van der Waals surface area (Å²) in [4.78, 5) is 16.8. The van der Waals surface area contributed by atoms with Gasteiger partial charge in [-0.25, -0.2) is 4.98 Å². The largest absolute Gasteiger partial charge is 0.494 e. The summed E-state index contributed by atoms with van der Waals surface area (Å²) in [7, 11) is 3.92. The minimum absolute atomic E-state index is 0.504. The Bertz CT molecular complexity index is 1420. The summed E-state index contributed by atoms with van der Waals surface area (Å²) < 4.78 is 5.78. The van der Waals surface area contributed by atoms with Crippen LogP contribution in [-0.2, 0) is 0 Å². The molecule has 4 aromatic rings. The van der Waals surface area contributed by atoms with E-state index in [1.54, 1.807) is 7.11 Å². The molecule has 0 bridgehead atoms. The van der Waals surface area contributed by atoms with Gasteiger partial charge in [0.2, 0.25) is 5.95 Å². The van der Waals surface area contributed by atoms with Gasteiger partial charge >= 0.3 is 0 Å². The lowest BCUT2D eigenvalue weighted by Crippen LogP contribution is -2.52. The lowest BCUT2D eigenvalue weighted by Gasteiger charge is -2.42. The topological polar surface area (TPSA) is 97.5 Å². The first kappa shape index (κ1) is 25.4. The van der Waals surface area contributed by atoms with Crippen molar-refractivity contribution in [2.75, 3.05) is 69.0 Å². The highest BCUT2D eigenvalue weighted by molar-refractivity contribution is 5.82. The molecule has 2 aliphatic rings. The second-order valence-corrected chi connectivity index (χ2v) is 10.6. The van der Waals surface area contributed by atoms with E-state index in [0.29, 0.717) is 12.0 Å². The molecule has 4 heterocycles. The van der Waals surface area contributed by atoms with Crippen molar-refractivity contribution < 1.29 is 4.74 Å². The SMILES string of the molecule is COc1cc(N2CCC(N3CCN(C)CC3)CC2)ccc1Nc1ncc(C)c(Nc2ccc3cn[nH]c3c2)n1. The average molecular weight is 528 g/mol. The predicted molar refractivity (Wildman–Crippen MR) is 157 cm³/mol. The van der Waals surface area contributed by atoms with Gasteiger partial charge in [-0.1, -0.05) is 0 Å². The fraction of sp³-hybridized carbons (Fsp3) is 0.414. The fourth-order valence-electron chi connectivity index (χ4n) is 5.56. The van der Waals surface area contributed by atoms with Crippen LogP contribution in [0.25, 0.3) is 10.9 Å². The van der Waals surface area contributed by atoms with Gasteiger partial charge in [-0.3, -0.25) is 10.00 Å². The summed E-state index contributed by atoms with van der Waals surface area (Å²) in [5.41, 5.74) is 4.88. The van der Waals surface area contributed by atoms with E-state index in [1.807, 2.05) is 37.5 Å². The number of nitrogens with one attached hydrogen (secondary N) is 3. The molecule has 39 heavy (non-hydrogen) atoms. The van der Waals surface area contributed by atoms with Crippen molar-refractivity contribution in [3.8, 4) is 5.75 Å². The monoisotopic (exact) mass is 527 g/mol. The van der Waals surface area contributed by atoms with E-state index in [4.69, 9.17) is 9.72 Å². The van der Waals surface area contributed by atoms with Crippen molar-refractivity contribution in [2.24, 2.45) is 0 Å². The number of hydrogen-bond acceptors (Lipinski definition) is 9. The third-order valence-electron chi connectivity index (χ3n) is 7.99. The molecule has 0 spiro atoms. The Hall–Kier alpha value is -3.89. The molecule has 0 radical (unpaired) electrons. The number of anilines is 5. The first-order valence-electron chi connectivity index (χ1n) is 13.7. The molecule has 10 nitrogen and oxygen atoms in total. The Morgan fingerprint density at radius 1 is 0.949 bits per heavy atom. The normalized spacial score (nSPS) is 17.5. The van der Waals surface area contributed by atoms with Crippen LogP contribution >= 0.6 is 0 Å². The number of hydrogen-bond donors (Lipinski definition) is 3. The molecular formula is C29H37N9O. The minimum Gasteiger partial charge on any atom is -0.494 e. The molecule has 204 valence electrons. The molecule has 0 saturated carbocycles. The third-order valence-corrected chi connectivity index (χ3v) is 7.99. The smallest absolute Gasteiger partial charge is 0.229 e. The van der Waals surface area contributed by atoms with E-state index < -0.39 is 0 Å². The van der Waals surface area contributed by atoms with Gasteiger partial charge in [0.25, 0.3) is 0 Å². The van der Waals surface area contributed by atoms with Gasteiger partial charge in [-0.05, 0) is 57.1 Å². The highest BCUT2D eigenvalue weighted by Crippen LogP contribution is 2.33. The fourth-order valence-corrected chi connectivity index (χ4v) is 5.56. The van der Waals surface area contributed by atoms with E-state index >= 15 is 0 Å². The molecule has 6 rings (SSSR count). The highest BCUT2D eigenvalue weighted by Gasteiger charge is 2.27. The summed E-state index contributed by atoms with van der Waals surface area (Å²) in [6, 6.07) is 13.1. The third kappa shape index (κ3) is 5.62. The second kappa shape index (κ2) is 11.1. The Balaban J connectivity index is 1.12. The van der Waals surface area contributed by atoms with Gasteiger partial charge in [0, 0.05) is 79.9 Å². The molecule has 0 unspecified atom stereocenters. The van der Waals surface area contributed by atoms with Crippen molar-refractivity contribution >= 4 is 39.7 Å². The zero-order chi connectivity index (χ0) is 26.8. The average Bonchev–Trinajstić information content (AvgIpc) is 3.44. The number of fused-ring (bicyclic) bond motifs is 1. The summed E-state index contributed by atoms with van der Waals surface area (Å²) in [5, 5.41) is 14.9. The van der Waals surface area contributed by atoms with Gasteiger partial charge in [-0.15, -0.1) is 0 Å². The van der Waals surface area contributed by atoms with Crippen LogP contribution in [0.3, 0.4) is 0 Å². The number of ether oxygens (including phenoxy) is 1. The quantitative estimate of drug-likeness (QED) is 0.324. The molecule has 0 amide bonds. The number of benzene rings is 2. The van der Waals surface area contributed by atoms with E-state index in [1.165, 1.54) is 44.7 Å². The highest BCUT2D eigenvalue weighted by atomic mass is 16.5. The van der Waals surface area contributed by atoms with Crippen molar-refractivity contribution in [3.63, 3.8) is 0 Å². The molecule has 2 aromatic carbocycles. The van der Waals surface area contributed by atoms with Crippen LogP contribution in [0.15, 0.2) is 48.8 Å². The maximum atomic E-state index is 5.78. The number of likely N-dealkylation sites (N-methyl/N-ethyl adjacent to an activating group) is 1. The van der Waals surface area contributed by atoms with E-state index in [2.05, 4.69) is 65.8 Å². The van der Waals surface area contributed by atoms with Crippen molar-refractivity contribution in [3.05, 3.63) is 54.4 Å². The number of nitrogens with zero attached hydrogens (tertiary/aromatic N) is 6. The minimum atomic E-state index is 0.504. The Kier molecular flexibility index (Phi) is 7.21. The van der Waals surface area contributed by atoms with Crippen LogP contribution in [0.1, 0.15) is 18.4 Å². The summed E-state index contributed by atoms with van der Waals surface area (Å²) in [6.45, 7) is 8.84. The predicted octanol–water partition coefficient (Wildman–Crippen LogP) is 4.37. The van der Waals surface area contributed by atoms with Crippen LogP contribution in [0.5, 0.6) is 5.75 Å². The summed E-state index contributed by atoms with van der Waals surface area (Å²) in [5.74, 6) is 2.02. The summed E-state index contributed by atoms with van der Waals surface area (Å²) in [6.07, 6.45) is 6.03. The van der Waals surface area contributed by atoms with E-state index in [9.17, 15) is 0 Å². The molecule has 10 heteroatoms. The van der Waals surface area contributed by atoms with Crippen molar-refractivity contribution in [1.82, 2.24) is 30.0 Å². The molecule has 2 saturated heterocycles. The Morgan fingerprint density at radius 3 is 2.56 bits per heavy atom. The first-order valence-corrected chi connectivity index (χ1v) is 13.7. The van der Waals surface area contributed by atoms with Crippen LogP contribution in [0.2, 0.25) is 0 Å². The lowest BCUT2D eigenvalue weighted by molar-refractivity contribution is 0.0982. The molecule has 2 aliphatic heterocycles. The first-order chi connectivity index (χ1) is 19.1. The van der Waals surface area contributed by atoms with Crippen LogP contribution in [0.4, 0.5) is 28.8 Å². The van der Waals surface area contributed by atoms with Gasteiger partial charge in [0.1, 0.15) is 11.6 Å². The van der Waals surface area contributed by atoms with Crippen molar-refractivity contribution in [1.29, 1.82) is 0 Å². The number of piperidine rings is 1. The molecule has 2 aromatic heterocycles. The number of aryl methyl sites for hydroxylation is 1. The standard InChI is InChI=1S/C29H37N9O/c1-20-18-30-29(34-28(20)32-22-5-4-21-19-31-35-26(21)16-22)33-25-7-6-24(17-27(25)39-3)37-10-8-23(9-11-37)38-14-12-36(2)13-15-38/h4-7,16-19,23H,8-15H2,1-3H3,(H,31,35)(H2,30,32,33,34). The van der Waals surface area contributed by atoms with Gasteiger partial charge in [0.15, 0.2) is 0 Å². The van der Waals surface area contributed by atoms with Gasteiger partial charge in [0.05, 0.1) is 24.5 Å². The van der Waals surface area contributed by atoms with E-state index in [-0.39, 0.29) is 0 Å². The van der Waals surface area contributed by atoms with Gasteiger partial charge < -0.3 is 25.2 Å². The summed E-state index contributed by atoms with van der Waals surface area (Å²) >= 11 is 0. The number of rotatable bonds is 7. The van der Waals surface area contributed by atoms with E-state index in [0.717, 1.165) is 52.5 Å². The van der Waals surface area contributed by atoms with Crippen LogP contribution < -0.4 is 20.3 Å². The molecule has 0 aliphatic carbocycles. The molecule has 0 atom stereocenters. The number of methoxy groups -OCH3 is 1. The van der Waals surface area contributed by atoms with Crippen LogP contribution in [-0.4, -0.2) is 89.4 Å². The molecule has 2 fully saturated rings. The number of H-pyrrole nitrogens is 1. The molecule has 3 N–H and O–H groups in total. The van der Waals surface area contributed by atoms with Crippen LogP contribution in [0, 0.1) is 6.92 Å². The van der Waals surface area contributed by atoms with Gasteiger partial charge in [-0.2, -0.15) is 10.1 Å². The number of piperazine rings is 1. The maximum absolute atomic E-state index is 5.78.